The van der Waals surface area contributed by atoms with Gasteiger partial charge in [-0.3, -0.25) is 4.40 Å². The van der Waals surface area contributed by atoms with Crippen LogP contribution in [0.2, 0.25) is 0 Å². The quantitative estimate of drug-likeness (QED) is 0.762. The Morgan fingerprint density at radius 3 is 2.89 bits per heavy atom. The minimum Gasteiger partial charge on any atom is -0.330 e. The summed E-state index contributed by atoms with van der Waals surface area (Å²) in [6.07, 6.45) is 4.08. The van der Waals surface area contributed by atoms with Crippen molar-refractivity contribution in [3.05, 3.63) is 35.7 Å². The van der Waals surface area contributed by atoms with Gasteiger partial charge < -0.3 is 10.3 Å². The summed E-state index contributed by atoms with van der Waals surface area (Å²) >= 11 is 0. The zero-order chi connectivity index (χ0) is 12.7. The molecule has 0 aliphatic heterocycles. The lowest BCUT2D eigenvalue weighted by molar-refractivity contribution is 0.820. The number of nitrogens with zero attached hydrogens (tertiary/aromatic N) is 3. The van der Waals surface area contributed by atoms with Gasteiger partial charge in [-0.25, -0.2) is 4.98 Å². The van der Waals surface area contributed by atoms with Gasteiger partial charge >= 0.3 is 0 Å². The predicted octanol–water partition coefficient (Wildman–Crippen LogP) is 1.89. The summed E-state index contributed by atoms with van der Waals surface area (Å²) in [7, 11) is 2.05. The number of aromatic nitrogens is 3. The van der Waals surface area contributed by atoms with E-state index < -0.39 is 0 Å². The minimum atomic E-state index is 0.666. The van der Waals surface area contributed by atoms with Crippen LogP contribution in [0.4, 0.5) is 0 Å². The van der Waals surface area contributed by atoms with Gasteiger partial charge in [0, 0.05) is 25.4 Å². The number of rotatable bonds is 3. The van der Waals surface area contributed by atoms with E-state index in [1.54, 1.807) is 0 Å². The molecule has 0 spiro atoms. The molecule has 1 aromatic carbocycles. The summed E-state index contributed by atoms with van der Waals surface area (Å²) in [6, 6.07) is 6.47. The lowest BCUT2D eigenvalue weighted by atomic mass is 10.1. The van der Waals surface area contributed by atoms with E-state index >= 15 is 0 Å². The summed E-state index contributed by atoms with van der Waals surface area (Å²) in [5.41, 5.74) is 10.4. The molecule has 0 fully saturated rings. The second-order valence-electron chi connectivity index (χ2n) is 4.68. The van der Waals surface area contributed by atoms with Crippen LogP contribution in [0, 0.1) is 0 Å². The molecule has 0 amide bonds. The van der Waals surface area contributed by atoms with Crippen molar-refractivity contribution in [1.82, 2.24) is 14.0 Å². The summed E-state index contributed by atoms with van der Waals surface area (Å²) in [5, 5.41) is 0. The van der Waals surface area contributed by atoms with E-state index in [0.29, 0.717) is 6.54 Å². The molecule has 3 rings (SSSR count). The lowest BCUT2D eigenvalue weighted by Crippen LogP contribution is -2.06. The van der Waals surface area contributed by atoms with E-state index in [0.717, 1.165) is 24.1 Å². The van der Waals surface area contributed by atoms with Gasteiger partial charge in [0.1, 0.15) is 0 Å². The first-order valence-electron chi connectivity index (χ1n) is 6.40. The first-order valence-corrected chi connectivity index (χ1v) is 6.40. The Hall–Kier alpha value is -1.81. The van der Waals surface area contributed by atoms with E-state index in [4.69, 9.17) is 5.73 Å². The Bertz CT molecular complexity index is 705. The molecule has 0 saturated heterocycles. The Kier molecular flexibility index (Phi) is 2.59. The monoisotopic (exact) mass is 242 g/mol. The SMILES string of the molecule is CCc1ccc2nc3n(C)c(CCN)cn3c2c1. The van der Waals surface area contributed by atoms with Gasteiger partial charge in [-0.15, -0.1) is 0 Å². The highest BCUT2D eigenvalue weighted by Crippen LogP contribution is 2.20. The van der Waals surface area contributed by atoms with Gasteiger partial charge in [-0.05, 0) is 30.7 Å². The molecule has 2 heterocycles. The Labute approximate surface area is 106 Å². The largest absolute Gasteiger partial charge is 0.330 e. The van der Waals surface area contributed by atoms with E-state index in [2.05, 4.69) is 45.3 Å². The zero-order valence-corrected chi connectivity index (χ0v) is 10.8. The van der Waals surface area contributed by atoms with Crippen molar-refractivity contribution < 1.29 is 0 Å². The molecule has 0 aliphatic carbocycles. The third-order valence-electron chi connectivity index (χ3n) is 3.55. The van der Waals surface area contributed by atoms with Gasteiger partial charge in [0.05, 0.1) is 11.0 Å². The molecule has 2 aromatic heterocycles. The first-order chi connectivity index (χ1) is 8.74. The van der Waals surface area contributed by atoms with Crippen molar-refractivity contribution in [2.24, 2.45) is 12.8 Å². The molecule has 4 heteroatoms. The third kappa shape index (κ3) is 1.53. The fraction of sp³-hybridized carbons (Fsp3) is 0.357. The maximum Gasteiger partial charge on any atom is 0.214 e. The van der Waals surface area contributed by atoms with Crippen LogP contribution in [0.5, 0.6) is 0 Å². The molecule has 0 atom stereocenters. The predicted molar refractivity (Wildman–Crippen MR) is 73.8 cm³/mol. The molecule has 94 valence electrons. The van der Waals surface area contributed by atoms with Crippen LogP contribution in [-0.2, 0) is 19.9 Å². The molecule has 4 nitrogen and oxygen atoms in total. The van der Waals surface area contributed by atoms with Gasteiger partial charge in [0.2, 0.25) is 5.78 Å². The van der Waals surface area contributed by atoms with Crippen molar-refractivity contribution in [3.8, 4) is 0 Å². The van der Waals surface area contributed by atoms with E-state index in [9.17, 15) is 0 Å². The van der Waals surface area contributed by atoms with Crippen LogP contribution in [0.3, 0.4) is 0 Å². The van der Waals surface area contributed by atoms with Gasteiger partial charge in [0.15, 0.2) is 0 Å². The number of fused-ring (bicyclic) bond motifs is 3. The summed E-state index contributed by atoms with van der Waals surface area (Å²) in [5.74, 6) is 0.988. The van der Waals surface area contributed by atoms with Crippen LogP contribution in [0.1, 0.15) is 18.2 Å². The van der Waals surface area contributed by atoms with Crippen molar-refractivity contribution in [2.45, 2.75) is 19.8 Å². The molecule has 0 unspecified atom stereocenters. The average molecular weight is 242 g/mol. The molecule has 0 saturated carbocycles. The number of imidazole rings is 2. The Balaban J connectivity index is 2.29. The number of aryl methyl sites for hydroxylation is 2. The van der Waals surface area contributed by atoms with Crippen LogP contribution in [0.15, 0.2) is 24.4 Å². The minimum absolute atomic E-state index is 0.666. The standard InChI is InChI=1S/C14H18N4/c1-3-10-4-5-12-13(8-10)18-9-11(6-7-15)17(2)14(18)16-12/h4-5,8-9H,3,6-7,15H2,1-2H3. The van der Waals surface area contributed by atoms with Crippen LogP contribution in [0.25, 0.3) is 16.8 Å². The average Bonchev–Trinajstić information content (AvgIpc) is 2.88. The van der Waals surface area contributed by atoms with E-state index in [1.165, 1.54) is 16.8 Å². The van der Waals surface area contributed by atoms with Gasteiger partial charge in [-0.2, -0.15) is 0 Å². The second kappa shape index (κ2) is 4.14. The maximum atomic E-state index is 5.64. The maximum absolute atomic E-state index is 5.64. The van der Waals surface area contributed by atoms with Gasteiger partial charge in [0.25, 0.3) is 0 Å². The molecule has 2 N–H and O–H groups in total. The summed E-state index contributed by atoms with van der Waals surface area (Å²) < 4.78 is 4.29. The number of hydrogen-bond donors (Lipinski definition) is 1. The van der Waals surface area contributed by atoms with Crippen molar-refractivity contribution in [3.63, 3.8) is 0 Å². The number of hydrogen-bond acceptors (Lipinski definition) is 2. The van der Waals surface area contributed by atoms with Crippen LogP contribution in [-0.4, -0.2) is 20.5 Å². The fourth-order valence-electron chi connectivity index (χ4n) is 2.45. The molecule has 3 aromatic rings. The van der Waals surface area contributed by atoms with E-state index in [1.807, 2.05) is 7.05 Å². The van der Waals surface area contributed by atoms with Gasteiger partial charge in [-0.1, -0.05) is 13.0 Å². The molecule has 0 aliphatic rings. The highest BCUT2D eigenvalue weighted by atomic mass is 15.2. The number of benzene rings is 1. The molecular weight excluding hydrogens is 224 g/mol. The van der Waals surface area contributed by atoms with Crippen LogP contribution >= 0.6 is 0 Å². The smallest absolute Gasteiger partial charge is 0.214 e. The first kappa shape index (κ1) is 11.3. The molecular formula is C14H18N4. The van der Waals surface area contributed by atoms with Crippen molar-refractivity contribution >= 4 is 16.8 Å². The summed E-state index contributed by atoms with van der Waals surface area (Å²) in [6.45, 7) is 2.84. The fourth-order valence-corrected chi connectivity index (χ4v) is 2.45. The van der Waals surface area contributed by atoms with E-state index in [-0.39, 0.29) is 0 Å². The highest BCUT2D eigenvalue weighted by molar-refractivity contribution is 5.80. The third-order valence-corrected chi connectivity index (χ3v) is 3.55. The number of nitrogens with two attached hydrogens (primary N) is 1. The summed E-state index contributed by atoms with van der Waals surface area (Å²) in [4.78, 5) is 4.68. The van der Waals surface area contributed by atoms with Crippen LogP contribution < -0.4 is 5.73 Å². The Morgan fingerprint density at radius 1 is 1.33 bits per heavy atom. The second-order valence-corrected chi connectivity index (χ2v) is 4.68. The molecule has 0 radical (unpaired) electrons. The topological polar surface area (TPSA) is 48.2 Å². The van der Waals surface area contributed by atoms with Crippen molar-refractivity contribution in [2.75, 3.05) is 6.54 Å². The lowest BCUT2D eigenvalue weighted by Gasteiger charge is -1.98. The zero-order valence-electron chi connectivity index (χ0n) is 10.8. The Morgan fingerprint density at radius 2 is 2.17 bits per heavy atom. The normalized spacial score (nSPS) is 11.7. The highest BCUT2D eigenvalue weighted by Gasteiger charge is 2.11. The van der Waals surface area contributed by atoms with Crippen molar-refractivity contribution in [1.29, 1.82) is 0 Å². The molecule has 0 bridgehead atoms. The molecule has 18 heavy (non-hydrogen) atoms.